The molecule has 3 N–H and O–H groups in total. The highest BCUT2D eigenvalue weighted by Gasteiger charge is 2.15. The number of nitrogens with one attached hydrogen (secondary N) is 1. The van der Waals surface area contributed by atoms with Crippen LogP contribution in [0.1, 0.15) is 42.4 Å². The second-order valence-corrected chi connectivity index (χ2v) is 8.31. The summed E-state index contributed by atoms with van der Waals surface area (Å²) in [4.78, 5) is 16.6. The van der Waals surface area contributed by atoms with E-state index in [2.05, 4.69) is 37.1 Å². The summed E-state index contributed by atoms with van der Waals surface area (Å²) in [6.07, 6.45) is 0.920. The van der Waals surface area contributed by atoms with E-state index in [1.165, 1.54) is 5.56 Å². The lowest BCUT2D eigenvalue weighted by Gasteiger charge is -2.20. The molecule has 0 saturated heterocycles. The molecule has 0 bridgehead atoms. The highest BCUT2D eigenvalue weighted by molar-refractivity contribution is 6.07. The monoisotopic (exact) mass is 389 g/mol. The fraction of sp³-hybridized carbons (Fsp3) is 0.250. The van der Waals surface area contributed by atoms with Gasteiger partial charge in [0, 0.05) is 11.4 Å². The van der Waals surface area contributed by atoms with Gasteiger partial charge in [-0.15, -0.1) is 0 Å². The first-order chi connectivity index (χ1) is 13.7. The summed E-state index contributed by atoms with van der Waals surface area (Å²) in [5, 5.41) is 2.84. The molecule has 0 radical (unpaired) electrons. The molecule has 2 aromatic carbocycles. The van der Waals surface area contributed by atoms with Crippen LogP contribution in [-0.2, 0) is 6.42 Å². The molecule has 0 aliphatic rings. The third kappa shape index (κ3) is 5.57. The first-order valence-corrected chi connectivity index (χ1v) is 9.61. The van der Waals surface area contributed by atoms with Crippen LogP contribution in [0, 0.1) is 12.3 Å². The molecule has 0 spiro atoms. The van der Waals surface area contributed by atoms with Gasteiger partial charge in [-0.3, -0.25) is 4.79 Å². The second kappa shape index (κ2) is 8.35. The Morgan fingerprint density at radius 3 is 2.38 bits per heavy atom. The minimum atomic E-state index is -0.292. The van der Waals surface area contributed by atoms with Crippen LogP contribution in [0.4, 0.5) is 11.5 Å². The van der Waals surface area contributed by atoms with E-state index in [-0.39, 0.29) is 17.1 Å². The zero-order chi connectivity index (χ0) is 21.0. The number of para-hydroxylation sites is 1. The predicted molar refractivity (Wildman–Crippen MR) is 117 cm³/mol. The first kappa shape index (κ1) is 20.4. The number of nitrogens with zero attached hydrogens (tertiary/aromatic N) is 1. The van der Waals surface area contributed by atoms with E-state index in [4.69, 9.17) is 10.5 Å². The number of carbonyl (C=O) groups is 1. The van der Waals surface area contributed by atoms with Crippen LogP contribution >= 0.6 is 0 Å². The predicted octanol–water partition coefficient (Wildman–Crippen LogP) is 5.61. The summed E-state index contributed by atoms with van der Waals surface area (Å²) in [5.41, 5.74) is 8.97. The van der Waals surface area contributed by atoms with Crippen LogP contribution in [0.25, 0.3) is 0 Å². The first-order valence-electron chi connectivity index (χ1n) is 9.61. The van der Waals surface area contributed by atoms with Crippen molar-refractivity contribution in [1.29, 1.82) is 0 Å². The highest BCUT2D eigenvalue weighted by Crippen LogP contribution is 2.31. The molecule has 0 aliphatic carbocycles. The Kier molecular flexibility index (Phi) is 5.87. The van der Waals surface area contributed by atoms with Gasteiger partial charge in [0.15, 0.2) is 0 Å². The standard InChI is InChI=1S/C24H27N3O2/c1-16-9-14-20(22(25)26-16)23(28)27-18-10-12-19(13-11-18)29-21-8-6-5-7-17(21)15-24(2,3)4/h5-14H,15H2,1-4H3,(H2,25,26)(H,27,28). The number of carbonyl (C=O) groups excluding carboxylic acids is 1. The number of aromatic nitrogens is 1. The van der Waals surface area contributed by atoms with Crippen LogP contribution in [0.3, 0.4) is 0 Å². The number of nitrogens with two attached hydrogens (primary N) is 1. The summed E-state index contributed by atoms with van der Waals surface area (Å²) >= 11 is 0. The smallest absolute Gasteiger partial charge is 0.259 e. The van der Waals surface area contributed by atoms with Crippen molar-refractivity contribution < 1.29 is 9.53 Å². The molecule has 0 saturated carbocycles. The Morgan fingerprint density at radius 2 is 1.72 bits per heavy atom. The molecule has 29 heavy (non-hydrogen) atoms. The van der Waals surface area contributed by atoms with Crippen molar-refractivity contribution in [1.82, 2.24) is 4.98 Å². The Labute approximate surface area is 171 Å². The maximum atomic E-state index is 12.4. The van der Waals surface area contributed by atoms with E-state index in [0.717, 1.165) is 17.9 Å². The fourth-order valence-corrected chi connectivity index (χ4v) is 3.02. The third-order valence-corrected chi connectivity index (χ3v) is 4.34. The molecule has 0 unspecified atom stereocenters. The topological polar surface area (TPSA) is 77.2 Å². The number of nitrogen functional groups attached to an aromatic ring is 1. The third-order valence-electron chi connectivity index (χ3n) is 4.34. The molecule has 150 valence electrons. The van der Waals surface area contributed by atoms with Crippen LogP contribution in [0.2, 0.25) is 0 Å². The molecule has 3 aromatic rings. The van der Waals surface area contributed by atoms with Crippen molar-refractivity contribution in [3.05, 3.63) is 77.5 Å². The van der Waals surface area contributed by atoms with Crippen molar-refractivity contribution >= 4 is 17.4 Å². The zero-order valence-electron chi connectivity index (χ0n) is 17.3. The van der Waals surface area contributed by atoms with Gasteiger partial charge in [-0.25, -0.2) is 4.98 Å². The van der Waals surface area contributed by atoms with Gasteiger partial charge in [-0.2, -0.15) is 0 Å². The number of benzene rings is 2. The summed E-state index contributed by atoms with van der Waals surface area (Å²) in [5.74, 6) is 1.48. The van der Waals surface area contributed by atoms with Gasteiger partial charge < -0.3 is 15.8 Å². The van der Waals surface area contributed by atoms with E-state index in [1.54, 1.807) is 24.3 Å². The van der Waals surface area contributed by atoms with Gasteiger partial charge in [0.2, 0.25) is 0 Å². The SMILES string of the molecule is Cc1ccc(C(=O)Nc2ccc(Oc3ccccc3CC(C)(C)C)cc2)c(N)n1. The molecule has 1 amide bonds. The normalized spacial score (nSPS) is 11.2. The van der Waals surface area contributed by atoms with Gasteiger partial charge in [0.25, 0.3) is 5.91 Å². The molecule has 1 aromatic heterocycles. The van der Waals surface area contributed by atoms with Crippen molar-refractivity contribution in [2.75, 3.05) is 11.1 Å². The number of hydrogen-bond donors (Lipinski definition) is 2. The Balaban J connectivity index is 1.70. The van der Waals surface area contributed by atoms with E-state index < -0.39 is 0 Å². The van der Waals surface area contributed by atoms with E-state index in [9.17, 15) is 4.79 Å². The van der Waals surface area contributed by atoms with Crippen molar-refractivity contribution in [2.45, 2.75) is 34.1 Å². The molecule has 5 heteroatoms. The van der Waals surface area contributed by atoms with E-state index >= 15 is 0 Å². The van der Waals surface area contributed by atoms with Crippen molar-refractivity contribution in [3.63, 3.8) is 0 Å². The molecule has 0 atom stereocenters. The molecular weight excluding hydrogens is 362 g/mol. The average molecular weight is 389 g/mol. The Morgan fingerprint density at radius 1 is 1.03 bits per heavy atom. The fourth-order valence-electron chi connectivity index (χ4n) is 3.02. The van der Waals surface area contributed by atoms with Crippen LogP contribution < -0.4 is 15.8 Å². The maximum absolute atomic E-state index is 12.4. The lowest BCUT2D eigenvalue weighted by Crippen LogP contribution is -2.15. The number of pyridine rings is 1. The number of anilines is 2. The minimum absolute atomic E-state index is 0.167. The summed E-state index contributed by atoms with van der Waals surface area (Å²) < 4.78 is 6.09. The molecule has 0 fully saturated rings. The maximum Gasteiger partial charge on any atom is 0.259 e. The zero-order valence-corrected chi connectivity index (χ0v) is 17.3. The van der Waals surface area contributed by atoms with Gasteiger partial charge >= 0.3 is 0 Å². The van der Waals surface area contributed by atoms with Crippen LogP contribution in [0.15, 0.2) is 60.7 Å². The van der Waals surface area contributed by atoms with Gasteiger partial charge in [-0.05, 0) is 66.8 Å². The quantitative estimate of drug-likeness (QED) is 0.595. The Bertz CT molecular complexity index is 1010. The molecule has 0 aliphatic heterocycles. The number of hydrogen-bond acceptors (Lipinski definition) is 4. The number of aryl methyl sites for hydroxylation is 1. The largest absolute Gasteiger partial charge is 0.457 e. The van der Waals surface area contributed by atoms with E-state index in [1.807, 2.05) is 37.3 Å². The van der Waals surface area contributed by atoms with Crippen LogP contribution in [0.5, 0.6) is 11.5 Å². The van der Waals surface area contributed by atoms with Crippen LogP contribution in [-0.4, -0.2) is 10.9 Å². The minimum Gasteiger partial charge on any atom is -0.457 e. The van der Waals surface area contributed by atoms with Gasteiger partial charge in [0.05, 0.1) is 5.56 Å². The average Bonchev–Trinajstić information content (AvgIpc) is 2.63. The molecule has 3 rings (SSSR count). The number of rotatable bonds is 5. The summed E-state index contributed by atoms with van der Waals surface area (Å²) in [6, 6.07) is 18.8. The second-order valence-electron chi connectivity index (χ2n) is 8.31. The molecular formula is C24H27N3O2. The summed E-state index contributed by atoms with van der Waals surface area (Å²) in [6.45, 7) is 8.45. The van der Waals surface area contributed by atoms with Gasteiger partial charge in [0.1, 0.15) is 17.3 Å². The molecule has 5 nitrogen and oxygen atoms in total. The van der Waals surface area contributed by atoms with Crippen molar-refractivity contribution in [3.8, 4) is 11.5 Å². The molecule has 1 heterocycles. The van der Waals surface area contributed by atoms with Gasteiger partial charge in [-0.1, -0.05) is 39.0 Å². The van der Waals surface area contributed by atoms with E-state index in [0.29, 0.717) is 17.0 Å². The summed E-state index contributed by atoms with van der Waals surface area (Å²) in [7, 11) is 0. The number of amides is 1. The highest BCUT2D eigenvalue weighted by atomic mass is 16.5. The number of ether oxygens (including phenoxy) is 1. The lowest BCUT2D eigenvalue weighted by molar-refractivity contribution is 0.102. The lowest BCUT2D eigenvalue weighted by atomic mass is 9.88. The van der Waals surface area contributed by atoms with Crippen molar-refractivity contribution in [2.24, 2.45) is 5.41 Å². The Hall–Kier alpha value is -3.34.